The highest BCUT2D eigenvalue weighted by Gasteiger charge is 2.22. The van der Waals surface area contributed by atoms with Crippen LogP contribution in [0.25, 0.3) is 10.9 Å². The molecule has 0 aliphatic heterocycles. The van der Waals surface area contributed by atoms with Crippen LogP contribution in [0.1, 0.15) is 29.9 Å². The van der Waals surface area contributed by atoms with Crippen molar-refractivity contribution >= 4 is 16.8 Å². The number of benzene rings is 2. The topological polar surface area (TPSA) is 66.5 Å². The van der Waals surface area contributed by atoms with Gasteiger partial charge in [0.1, 0.15) is 18.1 Å². The molecule has 0 bridgehead atoms. The number of amides is 1. The van der Waals surface area contributed by atoms with Crippen LogP contribution < -0.4 is 15.2 Å². The Hall–Kier alpha value is -2.95. The summed E-state index contributed by atoms with van der Waals surface area (Å²) in [5, 5.41) is 0.815. The number of nitrogens with two attached hydrogens (primary N) is 1. The standard InChI is InChI=1S/C20H22N2O3/c1-13(2)25-19-16-11-15(24-12-14-7-5-4-6-8-14)9-10-17(16)22(3)18(19)20(21)23/h4-11,13H,12H2,1-3H3,(H2,21,23). The summed E-state index contributed by atoms with van der Waals surface area (Å²) in [6, 6.07) is 15.6. The van der Waals surface area contributed by atoms with Crippen LogP contribution in [0.15, 0.2) is 48.5 Å². The molecule has 2 N–H and O–H groups in total. The van der Waals surface area contributed by atoms with Crippen LogP contribution in [0, 0.1) is 0 Å². The third-order valence-electron chi connectivity index (χ3n) is 3.96. The zero-order chi connectivity index (χ0) is 18.0. The van der Waals surface area contributed by atoms with Crippen LogP contribution in [0.3, 0.4) is 0 Å². The number of hydrogen-bond donors (Lipinski definition) is 1. The average Bonchev–Trinajstić information content (AvgIpc) is 2.85. The van der Waals surface area contributed by atoms with Crippen molar-refractivity contribution < 1.29 is 14.3 Å². The molecule has 2 aromatic carbocycles. The van der Waals surface area contributed by atoms with Gasteiger partial charge in [0.05, 0.1) is 11.6 Å². The number of carbonyl (C=O) groups is 1. The zero-order valence-electron chi connectivity index (χ0n) is 14.7. The first-order valence-electron chi connectivity index (χ1n) is 8.23. The summed E-state index contributed by atoms with van der Waals surface area (Å²) in [5.74, 6) is 0.706. The summed E-state index contributed by atoms with van der Waals surface area (Å²) in [5.41, 5.74) is 7.88. The second kappa shape index (κ2) is 6.89. The SMILES string of the molecule is CC(C)Oc1c(C(N)=O)n(C)c2ccc(OCc3ccccc3)cc12. The molecule has 3 aromatic rings. The van der Waals surface area contributed by atoms with Gasteiger partial charge in [-0.25, -0.2) is 0 Å². The summed E-state index contributed by atoms with van der Waals surface area (Å²) >= 11 is 0. The van der Waals surface area contributed by atoms with Crippen molar-refractivity contribution in [2.45, 2.75) is 26.6 Å². The lowest BCUT2D eigenvalue weighted by Gasteiger charge is -2.11. The number of aryl methyl sites for hydroxylation is 1. The van der Waals surface area contributed by atoms with Gasteiger partial charge in [-0.3, -0.25) is 4.79 Å². The van der Waals surface area contributed by atoms with Gasteiger partial charge < -0.3 is 19.8 Å². The summed E-state index contributed by atoms with van der Waals surface area (Å²) in [4.78, 5) is 11.9. The summed E-state index contributed by atoms with van der Waals surface area (Å²) in [6.07, 6.45) is -0.0717. The van der Waals surface area contributed by atoms with Crippen molar-refractivity contribution in [3.8, 4) is 11.5 Å². The predicted octanol–water partition coefficient (Wildman–Crippen LogP) is 3.64. The molecule has 0 unspecified atom stereocenters. The fourth-order valence-electron chi connectivity index (χ4n) is 2.85. The fraction of sp³-hybridized carbons (Fsp3) is 0.250. The van der Waals surface area contributed by atoms with Gasteiger partial charge >= 0.3 is 0 Å². The molecule has 130 valence electrons. The Balaban J connectivity index is 1.99. The summed E-state index contributed by atoms with van der Waals surface area (Å²) in [6.45, 7) is 4.31. The highest BCUT2D eigenvalue weighted by Crippen LogP contribution is 2.35. The predicted molar refractivity (Wildman–Crippen MR) is 98.0 cm³/mol. The molecule has 0 aliphatic carbocycles. The molecule has 0 fully saturated rings. The molecule has 0 aliphatic rings. The maximum atomic E-state index is 11.9. The third kappa shape index (κ3) is 3.45. The number of fused-ring (bicyclic) bond motifs is 1. The second-order valence-corrected chi connectivity index (χ2v) is 6.22. The first kappa shape index (κ1) is 16.9. The quantitative estimate of drug-likeness (QED) is 0.746. The molecule has 1 amide bonds. The summed E-state index contributed by atoms with van der Waals surface area (Å²) < 4.78 is 13.5. The van der Waals surface area contributed by atoms with Crippen molar-refractivity contribution in [3.05, 3.63) is 59.8 Å². The molecule has 5 nitrogen and oxygen atoms in total. The Morgan fingerprint density at radius 3 is 2.52 bits per heavy atom. The number of ether oxygens (including phenoxy) is 2. The van der Waals surface area contributed by atoms with Gasteiger partial charge in [-0.15, -0.1) is 0 Å². The lowest BCUT2D eigenvalue weighted by atomic mass is 10.2. The van der Waals surface area contributed by atoms with Gasteiger partial charge in [-0.1, -0.05) is 30.3 Å². The van der Waals surface area contributed by atoms with Crippen molar-refractivity contribution in [2.24, 2.45) is 12.8 Å². The number of aromatic nitrogens is 1. The minimum atomic E-state index is -0.513. The third-order valence-corrected chi connectivity index (χ3v) is 3.96. The first-order valence-corrected chi connectivity index (χ1v) is 8.23. The maximum Gasteiger partial charge on any atom is 0.269 e. The molecule has 0 radical (unpaired) electrons. The number of hydrogen-bond acceptors (Lipinski definition) is 3. The Labute approximate surface area is 147 Å². The average molecular weight is 338 g/mol. The van der Waals surface area contributed by atoms with Crippen LogP contribution in [-0.2, 0) is 13.7 Å². The smallest absolute Gasteiger partial charge is 0.269 e. The molecule has 25 heavy (non-hydrogen) atoms. The number of primary amides is 1. The van der Waals surface area contributed by atoms with Crippen molar-refractivity contribution in [3.63, 3.8) is 0 Å². The molecule has 5 heteroatoms. The highest BCUT2D eigenvalue weighted by molar-refractivity contribution is 6.03. The van der Waals surface area contributed by atoms with Crippen molar-refractivity contribution in [1.82, 2.24) is 4.57 Å². The van der Waals surface area contributed by atoms with Crippen LogP contribution >= 0.6 is 0 Å². The molecule has 0 saturated carbocycles. The number of nitrogens with zero attached hydrogens (tertiary/aromatic N) is 1. The zero-order valence-corrected chi connectivity index (χ0v) is 14.7. The minimum Gasteiger partial charge on any atom is -0.489 e. The minimum absolute atomic E-state index is 0.0717. The monoisotopic (exact) mass is 338 g/mol. The Bertz CT molecular complexity index is 898. The van der Waals surface area contributed by atoms with Crippen molar-refractivity contribution in [1.29, 1.82) is 0 Å². The fourth-order valence-corrected chi connectivity index (χ4v) is 2.85. The molecular weight excluding hydrogens is 316 g/mol. The van der Waals surface area contributed by atoms with E-state index in [4.69, 9.17) is 15.2 Å². The van der Waals surface area contributed by atoms with E-state index in [1.807, 2.05) is 62.4 Å². The van der Waals surface area contributed by atoms with E-state index in [-0.39, 0.29) is 6.10 Å². The largest absolute Gasteiger partial charge is 0.489 e. The summed E-state index contributed by atoms with van der Waals surface area (Å²) in [7, 11) is 1.81. The van der Waals surface area contributed by atoms with Crippen molar-refractivity contribution in [2.75, 3.05) is 0 Å². The number of carbonyl (C=O) groups excluding carboxylic acids is 1. The van der Waals surface area contributed by atoms with E-state index in [1.165, 1.54) is 0 Å². The van der Waals surface area contributed by atoms with E-state index in [1.54, 1.807) is 11.6 Å². The maximum absolute atomic E-state index is 11.9. The van der Waals surface area contributed by atoms with E-state index in [0.29, 0.717) is 23.8 Å². The molecule has 1 aromatic heterocycles. The normalized spacial score (nSPS) is 11.0. The molecule has 0 saturated heterocycles. The van der Waals surface area contributed by atoms with E-state index in [0.717, 1.165) is 16.5 Å². The Morgan fingerprint density at radius 1 is 1.16 bits per heavy atom. The lowest BCUT2D eigenvalue weighted by Crippen LogP contribution is -2.18. The van der Waals surface area contributed by atoms with Gasteiger partial charge in [0.25, 0.3) is 5.91 Å². The second-order valence-electron chi connectivity index (χ2n) is 6.22. The van der Waals surface area contributed by atoms with Crippen LogP contribution in [-0.4, -0.2) is 16.6 Å². The molecule has 3 rings (SSSR count). The van der Waals surface area contributed by atoms with Gasteiger partial charge in [0.15, 0.2) is 5.75 Å². The van der Waals surface area contributed by atoms with Crippen LogP contribution in [0.4, 0.5) is 0 Å². The Kier molecular flexibility index (Phi) is 4.65. The van der Waals surface area contributed by atoms with E-state index >= 15 is 0 Å². The molecule has 1 heterocycles. The molecule has 0 atom stereocenters. The van der Waals surface area contributed by atoms with Crippen LogP contribution in [0.5, 0.6) is 11.5 Å². The lowest BCUT2D eigenvalue weighted by molar-refractivity contribution is 0.0987. The van der Waals surface area contributed by atoms with Gasteiger partial charge in [-0.2, -0.15) is 0 Å². The molecule has 0 spiro atoms. The number of rotatable bonds is 6. The van der Waals surface area contributed by atoms with E-state index in [2.05, 4.69) is 0 Å². The van der Waals surface area contributed by atoms with Crippen LogP contribution in [0.2, 0.25) is 0 Å². The van der Waals surface area contributed by atoms with Gasteiger partial charge in [-0.05, 0) is 37.6 Å². The Morgan fingerprint density at radius 2 is 1.88 bits per heavy atom. The highest BCUT2D eigenvalue weighted by atomic mass is 16.5. The van der Waals surface area contributed by atoms with E-state index < -0.39 is 5.91 Å². The van der Waals surface area contributed by atoms with Gasteiger partial charge in [0.2, 0.25) is 0 Å². The van der Waals surface area contributed by atoms with Gasteiger partial charge in [0, 0.05) is 12.4 Å². The first-order chi connectivity index (χ1) is 12.0. The molecular formula is C20H22N2O3. The van der Waals surface area contributed by atoms with E-state index in [9.17, 15) is 4.79 Å².